The minimum atomic E-state index is -1.06. The number of nitrogens with two attached hydrogens (primary N) is 1. The minimum absolute atomic E-state index is 0.0205. The first-order chi connectivity index (χ1) is 11.8. The van der Waals surface area contributed by atoms with Crippen molar-refractivity contribution in [2.45, 2.75) is 92.0 Å². The van der Waals surface area contributed by atoms with Crippen molar-refractivity contribution in [3.8, 4) is 0 Å². The van der Waals surface area contributed by atoms with E-state index in [2.05, 4.69) is 20.8 Å². The van der Waals surface area contributed by atoms with Crippen LogP contribution in [-0.2, 0) is 19.1 Å². The van der Waals surface area contributed by atoms with Crippen LogP contribution in [0, 0.1) is 5.41 Å². The topological polar surface area (TPSA) is 102 Å². The highest BCUT2D eigenvalue weighted by atomic mass is 16.6. The van der Waals surface area contributed by atoms with Gasteiger partial charge in [0.2, 0.25) is 0 Å². The average molecular weight is 389 g/mol. The molecule has 7 nitrogen and oxygen atoms in total. The highest BCUT2D eigenvalue weighted by Gasteiger charge is 2.32. The predicted molar refractivity (Wildman–Crippen MR) is 106 cm³/mol. The fraction of sp³-hybridized carbons (Fsp3) is 0.900. The second-order valence-electron chi connectivity index (χ2n) is 10.2. The van der Waals surface area contributed by atoms with Crippen LogP contribution >= 0.6 is 0 Å². The summed E-state index contributed by atoms with van der Waals surface area (Å²) in [5.41, 5.74) is -2.51. The molecule has 27 heavy (non-hydrogen) atoms. The third kappa shape index (κ3) is 12.9. The summed E-state index contributed by atoms with van der Waals surface area (Å²) in [7, 11) is 0. The van der Waals surface area contributed by atoms with Crippen LogP contribution in [0.2, 0.25) is 0 Å². The zero-order chi connectivity index (χ0) is 21.7. The maximum Gasteiger partial charge on any atom is 0.322 e. The number of esters is 1. The number of hydrogen-bond acceptors (Lipinski definition) is 7. The lowest BCUT2D eigenvalue weighted by Gasteiger charge is -2.33. The Bertz CT molecular complexity index is 501. The second-order valence-corrected chi connectivity index (χ2v) is 10.2. The zero-order valence-corrected chi connectivity index (χ0v) is 18.6. The highest BCUT2D eigenvalue weighted by Crippen LogP contribution is 2.29. The van der Waals surface area contributed by atoms with Crippen molar-refractivity contribution in [3.05, 3.63) is 0 Å². The molecule has 0 rings (SSSR count). The van der Waals surface area contributed by atoms with Gasteiger partial charge in [-0.05, 0) is 59.8 Å². The molecule has 160 valence electrons. The van der Waals surface area contributed by atoms with Crippen LogP contribution in [-0.4, -0.2) is 58.4 Å². The molecule has 0 heterocycles. The van der Waals surface area contributed by atoms with Crippen molar-refractivity contribution < 1.29 is 24.2 Å². The molecule has 0 radical (unpaired) electrons. The summed E-state index contributed by atoms with van der Waals surface area (Å²) in [5.74, 6) is 5.11. The smallest absolute Gasteiger partial charge is 0.322 e. The van der Waals surface area contributed by atoms with E-state index in [0.717, 1.165) is 5.01 Å². The monoisotopic (exact) mass is 388 g/mol. The van der Waals surface area contributed by atoms with Gasteiger partial charge in [0, 0.05) is 0 Å². The lowest BCUT2D eigenvalue weighted by Crippen LogP contribution is -2.48. The van der Waals surface area contributed by atoms with Crippen LogP contribution in [0.15, 0.2) is 0 Å². The molecule has 0 fully saturated rings. The number of ether oxygens (including phenoxy) is 2. The minimum Gasteiger partial charge on any atom is -0.459 e. The lowest BCUT2D eigenvalue weighted by molar-refractivity contribution is -0.160. The molecule has 0 spiro atoms. The van der Waals surface area contributed by atoms with Crippen molar-refractivity contribution in [2.75, 3.05) is 19.7 Å². The third-order valence-electron chi connectivity index (χ3n) is 3.87. The number of hydrazine groups is 1. The van der Waals surface area contributed by atoms with E-state index in [1.54, 1.807) is 27.7 Å². The van der Waals surface area contributed by atoms with Gasteiger partial charge in [-0.1, -0.05) is 20.8 Å². The van der Waals surface area contributed by atoms with Crippen LogP contribution in [0.25, 0.3) is 0 Å². The van der Waals surface area contributed by atoms with E-state index < -0.39 is 22.8 Å². The molecule has 0 atom stereocenters. The molecule has 0 unspecified atom stereocenters. The molecule has 3 N–H and O–H groups in total. The van der Waals surface area contributed by atoms with E-state index >= 15 is 0 Å². The molecule has 0 aliphatic carbocycles. The zero-order valence-electron chi connectivity index (χ0n) is 18.6. The summed E-state index contributed by atoms with van der Waals surface area (Å²) in [6.07, 6.45) is 1.11. The standard InChI is InChI=1S/C20H40N2O5/c1-17(2,3)14-19(6,7)27-16(24)13-22(21)12-15(23)20(8,9)26-11-10-18(4,5)25/h25H,10-14,21H2,1-9H3. The van der Waals surface area contributed by atoms with Gasteiger partial charge >= 0.3 is 5.97 Å². The molecule has 0 aromatic heterocycles. The van der Waals surface area contributed by atoms with Gasteiger partial charge in [-0.3, -0.25) is 15.4 Å². The summed E-state index contributed by atoms with van der Waals surface area (Å²) in [5, 5.41) is 10.9. The Morgan fingerprint density at radius 2 is 1.48 bits per heavy atom. The summed E-state index contributed by atoms with van der Waals surface area (Å²) in [6.45, 7) is 16.6. The number of Topliss-reactive ketones (excluding diaryl/α,β-unsaturated/α-hetero) is 1. The van der Waals surface area contributed by atoms with Gasteiger partial charge < -0.3 is 14.6 Å². The first-order valence-corrected chi connectivity index (χ1v) is 9.44. The Kier molecular flexibility index (Phi) is 9.10. The van der Waals surface area contributed by atoms with Crippen LogP contribution in [0.3, 0.4) is 0 Å². The number of nitrogens with zero attached hydrogens (tertiary/aromatic N) is 1. The van der Waals surface area contributed by atoms with E-state index in [1.165, 1.54) is 0 Å². The normalized spacial score (nSPS) is 13.8. The summed E-state index contributed by atoms with van der Waals surface area (Å²) < 4.78 is 11.1. The SMILES string of the molecule is CC(C)(C)CC(C)(C)OC(=O)CN(N)CC(=O)C(C)(C)OCCC(C)(C)O. The molecule has 0 bridgehead atoms. The van der Waals surface area contributed by atoms with Crippen LogP contribution in [0.5, 0.6) is 0 Å². The molecule has 0 saturated carbocycles. The number of carbonyl (C=O) groups excluding carboxylic acids is 2. The third-order valence-corrected chi connectivity index (χ3v) is 3.87. The molecule has 0 aromatic carbocycles. The molecule has 0 aromatic rings. The van der Waals surface area contributed by atoms with Crippen LogP contribution < -0.4 is 5.84 Å². The fourth-order valence-corrected chi connectivity index (χ4v) is 2.89. The second kappa shape index (κ2) is 9.45. The first kappa shape index (κ1) is 26.0. The van der Waals surface area contributed by atoms with Gasteiger partial charge in [-0.25, -0.2) is 5.01 Å². The quantitative estimate of drug-likeness (QED) is 0.318. The van der Waals surface area contributed by atoms with Crippen LogP contribution in [0.4, 0.5) is 0 Å². The summed E-state index contributed by atoms with van der Waals surface area (Å²) in [4.78, 5) is 24.6. The maximum atomic E-state index is 12.4. The van der Waals surface area contributed by atoms with Crippen molar-refractivity contribution in [1.82, 2.24) is 5.01 Å². The van der Waals surface area contributed by atoms with Gasteiger partial charge in [0.05, 0.1) is 18.8 Å². The number of rotatable bonds is 11. The van der Waals surface area contributed by atoms with Gasteiger partial charge in [0.15, 0.2) is 5.78 Å². The molecule has 0 saturated heterocycles. The van der Waals surface area contributed by atoms with E-state index in [9.17, 15) is 14.7 Å². The largest absolute Gasteiger partial charge is 0.459 e. The van der Waals surface area contributed by atoms with Crippen molar-refractivity contribution >= 4 is 11.8 Å². The van der Waals surface area contributed by atoms with Crippen molar-refractivity contribution in [2.24, 2.45) is 11.3 Å². The van der Waals surface area contributed by atoms with Gasteiger partial charge in [-0.15, -0.1) is 0 Å². The first-order valence-electron chi connectivity index (χ1n) is 9.44. The fourth-order valence-electron chi connectivity index (χ4n) is 2.89. The summed E-state index contributed by atoms with van der Waals surface area (Å²) >= 11 is 0. The number of aliphatic hydroxyl groups is 1. The lowest BCUT2D eigenvalue weighted by atomic mass is 9.84. The van der Waals surface area contributed by atoms with E-state index in [1.807, 2.05) is 13.8 Å². The Labute approximate surface area is 164 Å². The molecule has 7 heteroatoms. The Hall–Kier alpha value is -1.02. The number of carbonyl (C=O) groups is 2. The van der Waals surface area contributed by atoms with E-state index in [4.69, 9.17) is 15.3 Å². The van der Waals surface area contributed by atoms with Gasteiger partial charge in [-0.2, -0.15) is 0 Å². The Balaban J connectivity index is 4.52. The van der Waals surface area contributed by atoms with Crippen molar-refractivity contribution in [1.29, 1.82) is 0 Å². The molecule has 0 aliphatic rings. The number of hydrogen-bond donors (Lipinski definition) is 2. The summed E-state index contributed by atoms with van der Waals surface area (Å²) in [6, 6.07) is 0. The predicted octanol–water partition coefficient (Wildman–Crippen LogP) is 2.45. The van der Waals surface area contributed by atoms with Gasteiger partial charge in [0.1, 0.15) is 17.7 Å². The number of ketones is 1. The Morgan fingerprint density at radius 3 is 1.93 bits per heavy atom. The average Bonchev–Trinajstić information content (AvgIpc) is 2.31. The Morgan fingerprint density at radius 1 is 0.963 bits per heavy atom. The molecular weight excluding hydrogens is 348 g/mol. The van der Waals surface area contributed by atoms with E-state index in [-0.39, 0.29) is 30.9 Å². The van der Waals surface area contributed by atoms with Gasteiger partial charge in [0.25, 0.3) is 0 Å². The molecule has 0 amide bonds. The molecular formula is C20H40N2O5. The molecule has 0 aliphatic heterocycles. The van der Waals surface area contributed by atoms with Crippen LogP contribution in [0.1, 0.15) is 75.2 Å². The van der Waals surface area contributed by atoms with E-state index in [0.29, 0.717) is 12.8 Å². The maximum absolute atomic E-state index is 12.4. The highest BCUT2D eigenvalue weighted by molar-refractivity contribution is 5.88. The van der Waals surface area contributed by atoms with Crippen molar-refractivity contribution in [3.63, 3.8) is 0 Å².